The summed E-state index contributed by atoms with van der Waals surface area (Å²) >= 11 is 0. The van der Waals surface area contributed by atoms with Crippen LogP contribution in [0.1, 0.15) is 23.8 Å². The molecule has 0 bridgehead atoms. The topological polar surface area (TPSA) is 158 Å². The molecule has 1 aliphatic carbocycles. The summed E-state index contributed by atoms with van der Waals surface area (Å²) in [7, 11) is 3.15. The van der Waals surface area contributed by atoms with Crippen molar-refractivity contribution < 1.29 is 29.5 Å². The van der Waals surface area contributed by atoms with Gasteiger partial charge in [-0.2, -0.15) is 0 Å². The minimum Gasteiger partial charge on any atom is -0.389 e. The highest BCUT2D eigenvalue weighted by Gasteiger charge is 2.56. The Morgan fingerprint density at radius 1 is 0.976 bits per heavy atom. The Kier molecular flexibility index (Phi) is 7.39. The molecule has 1 saturated heterocycles. The number of hydrogen-bond donors (Lipinski definition) is 4. The first-order chi connectivity index (χ1) is 20.4. The van der Waals surface area contributed by atoms with Gasteiger partial charge in [-0.15, -0.1) is 0 Å². The molecule has 11 nitrogen and oxygen atoms in total. The van der Waals surface area contributed by atoms with E-state index in [2.05, 4.69) is 15.0 Å². The fraction of sp³-hybridized carbons (Fsp3) is 0.323. The van der Waals surface area contributed by atoms with Crippen molar-refractivity contribution in [1.82, 2.24) is 19.5 Å². The number of nitrogen functional groups attached to an aromatic ring is 1. The van der Waals surface area contributed by atoms with Crippen molar-refractivity contribution in [3.63, 3.8) is 0 Å². The number of aliphatic hydroxyl groups is 3. The molecule has 2 aromatic carbocycles. The summed E-state index contributed by atoms with van der Waals surface area (Å²) in [5, 5.41) is 35.2. The molecule has 1 aliphatic heterocycles. The van der Waals surface area contributed by atoms with Crippen molar-refractivity contribution in [3.05, 3.63) is 108 Å². The van der Waals surface area contributed by atoms with Gasteiger partial charge in [0, 0.05) is 20.6 Å². The summed E-state index contributed by atoms with van der Waals surface area (Å²) in [5.74, 6) is -0.778. The normalized spacial score (nSPS) is 24.5. The molecular weight excluding hydrogens is 538 g/mol. The highest BCUT2D eigenvalue weighted by atomic mass is 16.7. The van der Waals surface area contributed by atoms with E-state index in [0.29, 0.717) is 17.6 Å². The maximum Gasteiger partial charge on any atom is 0.190 e. The number of nitrogens with two attached hydrogens (primary N) is 1. The van der Waals surface area contributed by atoms with Crippen LogP contribution in [0.5, 0.6) is 0 Å². The van der Waals surface area contributed by atoms with E-state index in [4.69, 9.17) is 19.9 Å². The van der Waals surface area contributed by atoms with Gasteiger partial charge in [-0.3, -0.25) is 4.57 Å². The molecule has 3 heterocycles. The number of methoxy groups -OCH3 is 2. The molecule has 5 atom stereocenters. The molecule has 0 saturated carbocycles. The lowest BCUT2D eigenvalue weighted by Gasteiger charge is -2.44. The summed E-state index contributed by atoms with van der Waals surface area (Å²) in [5.41, 5.74) is 7.70. The number of hydrogen-bond acceptors (Lipinski definition) is 10. The van der Waals surface area contributed by atoms with Crippen LogP contribution < -0.4 is 5.73 Å². The second-order valence-electron chi connectivity index (χ2n) is 10.5. The molecule has 218 valence electrons. The molecule has 42 heavy (non-hydrogen) atoms. The van der Waals surface area contributed by atoms with E-state index in [0.717, 1.165) is 16.7 Å². The van der Waals surface area contributed by atoms with Crippen LogP contribution >= 0.6 is 0 Å². The van der Waals surface area contributed by atoms with E-state index in [1.165, 1.54) is 17.2 Å². The first-order valence-corrected chi connectivity index (χ1v) is 13.6. The lowest BCUT2D eigenvalue weighted by atomic mass is 9.62. The smallest absolute Gasteiger partial charge is 0.190 e. The zero-order valence-electron chi connectivity index (χ0n) is 23.2. The van der Waals surface area contributed by atoms with E-state index in [-0.39, 0.29) is 5.82 Å². The molecule has 5 N–H and O–H groups in total. The SMILES string of the molecule is COC1(OC)C=CC(C(c2ccccc2)(c2ccccc2)C(O)[C@H]2O[C@@H](n3cnc4c(N)ncnc43)[C@H](O)[C@@H]2O)=CC1. The monoisotopic (exact) mass is 571 g/mol. The molecule has 2 aromatic heterocycles. The van der Waals surface area contributed by atoms with Gasteiger partial charge in [0.25, 0.3) is 0 Å². The zero-order chi connectivity index (χ0) is 29.5. The van der Waals surface area contributed by atoms with Gasteiger partial charge < -0.3 is 35.3 Å². The van der Waals surface area contributed by atoms with Gasteiger partial charge in [-0.1, -0.05) is 72.8 Å². The molecule has 0 spiro atoms. The first-order valence-electron chi connectivity index (χ1n) is 13.6. The van der Waals surface area contributed by atoms with Gasteiger partial charge in [0.05, 0.1) is 11.7 Å². The molecule has 1 unspecified atom stereocenters. The first kappa shape index (κ1) is 28.2. The number of aromatic nitrogens is 4. The van der Waals surface area contributed by atoms with Crippen LogP contribution in [-0.2, 0) is 19.6 Å². The number of ether oxygens (including phenoxy) is 3. The van der Waals surface area contributed by atoms with Crippen LogP contribution in [0, 0.1) is 0 Å². The Morgan fingerprint density at radius 2 is 1.62 bits per heavy atom. The molecular formula is C31H33N5O6. The molecule has 6 rings (SSSR count). The lowest BCUT2D eigenvalue weighted by molar-refractivity contribution is -0.168. The predicted octanol–water partition coefficient (Wildman–Crippen LogP) is 2.25. The minimum atomic E-state index is -1.46. The number of benzene rings is 2. The Hall–Kier alpha value is -3.97. The quantitative estimate of drug-likeness (QED) is 0.231. The summed E-state index contributed by atoms with van der Waals surface area (Å²) in [6, 6.07) is 19.1. The van der Waals surface area contributed by atoms with Gasteiger partial charge in [-0.25, -0.2) is 15.0 Å². The van der Waals surface area contributed by atoms with Crippen molar-refractivity contribution in [2.75, 3.05) is 20.0 Å². The minimum absolute atomic E-state index is 0.176. The summed E-state index contributed by atoms with van der Waals surface area (Å²) in [6.45, 7) is 0. The van der Waals surface area contributed by atoms with Crippen LogP contribution in [0.4, 0.5) is 5.82 Å². The van der Waals surface area contributed by atoms with Crippen LogP contribution in [0.25, 0.3) is 11.2 Å². The van der Waals surface area contributed by atoms with Gasteiger partial charge >= 0.3 is 0 Å². The lowest BCUT2D eigenvalue weighted by Crippen LogP contribution is -2.53. The average molecular weight is 572 g/mol. The number of aliphatic hydroxyl groups excluding tert-OH is 3. The molecule has 4 aromatic rings. The zero-order valence-corrected chi connectivity index (χ0v) is 23.2. The van der Waals surface area contributed by atoms with E-state index in [1.54, 1.807) is 14.2 Å². The van der Waals surface area contributed by atoms with Crippen LogP contribution in [0.2, 0.25) is 0 Å². The van der Waals surface area contributed by atoms with Gasteiger partial charge in [0.1, 0.15) is 36.3 Å². The van der Waals surface area contributed by atoms with Crippen LogP contribution in [-0.4, -0.2) is 79.3 Å². The molecule has 0 amide bonds. The summed E-state index contributed by atoms with van der Waals surface area (Å²) < 4.78 is 19.1. The largest absolute Gasteiger partial charge is 0.389 e. The second-order valence-corrected chi connectivity index (χ2v) is 10.5. The second kappa shape index (κ2) is 11.0. The predicted molar refractivity (Wildman–Crippen MR) is 154 cm³/mol. The van der Waals surface area contributed by atoms with Crippen molar-refractivity contribution in [3.8, 4) is 0 Å². The maximum absolute atomic E-state index is 12.5. The van der Waals surface area contributed by atoms with Crippen molar-refractivity contribution >= 4 is 17.0 Å². The third kappa shape index (κ3) is 4.33. The standard InChI is InChI=1S/C31H33N5O6/c1-40-30(41-2)15-13-21(14-16-30)31(19-9-5-3-6-10-19,20-11-7-4-8-12-20)26(39)25-23(37)24(38)29(42-25)36-18-35-22-27(32)33-17-34-28(22)36/h3-15,17-18,23-26,29,37-39H,16H2,1-2H3,(H2,32,33,34)/t23-,24+,25-,26?,29+/m0/s1. The fourth-order valence-electron chi connectivity index (χ4n) is 6.18. The average Bonchev–Trinajstić information content (AvgIpc) is 3.60. The molecule has 11 heteroatoms. The van der Waals surface area contributed by atoms with Gasteiger partial charge in [0.15, 0.2) is 23.5 Å². The molecule has 2 aliphatic rings. The van der Waals surface area contributed by atoms with Gasteiger partial charge in [0.2, 0.25) is 0 Å². The Bertz CT molecular complexity index is 1560. The van der Waals surface area contributed by atoms with Gasteiger partial charge in [-0.05, 0) is 22.8 Å². The van der Waals surface area contributed by atoms with Crippen molar-refractivity contribution in [2.45, 2.75) is 48.3 Å². The highest BCUT2D eigenvalue weighted by Crippen LogP contribution is 2.49. The van der Waals surface area contributed by atoms with Crippen molar-refractivity contribution in [1.29, 1.82) is 0 Å². The number of nitrogens with zero attached hydrogens (tertiary/aromatic N) is 4. The van der Waals surface area contributed by atoms with Crippen LogP contribution in [0.15, 0.2) is 97.1 Å². The Morgan fingerprint density at radius 3 is 2.19 bits per heavy atom. The number of anilines is 1. The molecule has 0 radical (unpaired) electrons. The third-order valence-corrected chi connectivity index (χ3v) is 8.42. The Labute approximate surface area is 242 Å². The summed E-state index contributed by atoms with van der Waals surface area (Å²) in [4.78, 5) is 12.5. The fourth-order valence-corrected chi connectivity index (χ4v) is 6.18. The molecule has 1 fully saturated rings. The Balaban J connectivity index is 1.49. The number of rotatable bonds is 8. The summed E-state index contributed by atoms with van der Waals surface area (Å²) in [6.07, 6.45) is 2.18. The number of imidazole rings is 1. The maximum atomic E-state index is 12.5. The van der Waals surface area contributed by atoms with E-state index >= 15 is 0 Å². The van der Waals surface area contributed by atoms with E-state index < -0.39 is 41.8 Å². The number of fused-ring (bicyclic) bond motifs is 1. The van der Waals surface area contributed by atoms with E-state index in [9.17, 15) is 15.3 Å². The van der Waals surface area contributed by atoms with Crippen LogP contribution in [0.3, 0.4) is 0 Å². The van der Waals surface area contributed by atoms with E-state index in [1.807, 2.05) is 78.9 Å². The van der Waals surface area contributed by atoms with Crippen molar-refractivity contribution in [2.24, 2.45) is 0 Å². The highest BCUT2D eigenvalue weighted by molar-refractivity contribution is 5.81. The third-order valence-electron chi connectivity index (χ3n) is 8.42. The number of allylic oxidation sites excluding steroid dienone is 1.